The third-order valence-corrected chi connectivity index (χ3v) is 4.86. The number of hydrogen-bond donors (Lipinski definition) is 1. The van der Waals surface area contributed by atoms with Gasteiger partial charge < -0.3 is 10.2 Å². The van der Waals surface area contributed by atoms with E-state index in [2.05, 4.69) is 15.3 Å². The predicted molar refractivity (Wildman–Crippen MR) is 89.3 cm³/mol. The summed E-state index contributed by atoms with van der Waals surface area (Å²) in [7, 11) is -1.14. The topological polar surface area (TPSA) is 75.2 Å². The van der Waals surface area contributed by atoms with Crippen LogP contribution in [0, 0.1) is 6.92 Å². The number of hydrogen-bond acceptors (Lipinski definition) is 7. The van der Waals surface area contributed by atoms with Gasteiger partial charge in [0.2, 0.25) is 5.95 Å². The zero-order valence-corrected chi connectivity index (χ0v) is 14.3. The first kappa shape index (κ1) is 16.0. The third-order valence-electron chi connectivity index (χ3n) is 2.99. The molecule has 0 saturated carbocycles. The minimum Gasteiger partial charge on any atom is -0.358 e. The molecule has 2 rings (SSSR count). The lowest BCUT2D eigenvalue weighted by Gasteiger charge is -2.19. The van der Waals surface area contributed by atoms with E-state index in [1.165, 1.54) is 6.26 Å². The van der Waals surface area contributed by atoms with Gasteiger partial charge in [0.05, 0.1) is 11.1 Å². The Kier molecular flexibility index (Phi) is 4.67. The molecule has 2 aromatic rings. The largest absolute Gasteiger partial charge is 0.358 e. The van der Waals surface area contributed by atoms with E-state index in [-0.39, 0.29) is 5.75 Å². The summed E-state index contributed by atoms with van der Waals surface area (Å²) in [6.45, 7) is 5.16. The minimum atomic E-state index is -2.99. The molecule has 8 heteroatoms. The molecular formula is C13H20N4O2S2. The van der Waals surface area contributed by atoms with Gasteiger partial charge in [0, 0.05) is 31.3 Å². The lowest BCUT2D eigenvalue weighted by molar-refractivity contribution is 0.601. The van der Waals surface area contributed by atoms with Crippen LogP contribution in [0.2, 0.25) is 0 Å². The van der Waals surface area contributed by atoms with Crippen molar-refractivity contribution < 1.29 is 8.42 Å². The number of rotatable bonds is 6. The number of thiophene rings is 1. The second kappa shape index (κ2) is 6.15. The van der Waals surface area contributed by atoms with Crippen molar-refractivity contribution in [1.29, 1.82) is 0 Å². The standard InChI is InChI=1S/C13H20N4O2S2/c1-5-14-13-15-11(17(3)6-7-21(4,18)19)10-8-9(2)20-12(10)16-13/h8H,5-7H2,1-4H3,(H,14,15,16). The van der Waals surface area contributed by atoms with Gasteiger partial charge in [-0.25, -0.2) is 13.4 Å². The van der Waals surface area contributed by atoms with Crippen LogP contribution < -0.4 is 10.2 Å². The molecule has 0 atom stereocenters. The van der Waals surface area contributed by atoms with Crippen molar-refractivity contribution in [2.75, 3.05) is 42.4 Å². The van der Waals surface area contributed by atoms with Gasteiger partial charge >= 0.3 is 0 Å². The maximum Gasteiger partial charge on any atom is 0.226 e. The molecule has 0 spiro atoms. The fourth-order valence-electron chi connectivity index (χ4n) is 1.96. The molecule has 0 aromatic carbocycles. The van der Waals surface area contributed by atoms with Crippen molar-refractivity contribution in [2.45, 2.75) is 13.8 Å². The molecule has 0 radical (unpaired) electrons. The number of nitrogens with zero attached hydrogens (tertiary/aromatic N) is 3. The molecule has 0 unspecified atom stereocenters. The van der Waals surface area contributed by atoms with Gasteiger partial charge in [0.1, 0.15) is 20.5 Å². The van der Waals surface area contributed by atoms with E-state index in [4.69, 9.17) is 0 Å². The zero-order valence-electron chi connectivity index (χ0n) is 12.7. The summed E-state index contributed by atoms with van der Waals surface area (Å²) < 4.78 is 22.7. The van der Waals surface area contributed by atoms with Gasteiger partial charge in [-0.1, -0.05) is 0 Å². The van der Waals surface area contributed by atoms with Gasteiger partial charge in [0.15, 0.2) is 0 Å². The van der Waals surface area contributed by atoms with Crippen molar-refractivity contribution in [2.24, 2.45) is 0 Å². The molecule has 0 fully saturated rings. The highest BCUT2D eigenvalue weighted by molar-refractivity contribution is 7.90. The average Bonchev–Trinajstić information content (AvgIpc) is 2.74. The Hall–Kier alpha value is -1.41. The molecule has 0 aliphatic rings. The molecule has 0 aliphatic heterocycles. The monoisotopic (exact) mass is 328 g/mol. The van der Waals surface area contributed by atoms with Gasteiger partial charge in [-0.05, 0) is 19.9 Å². The molecule has 0 bridgehead atoms. The molecule has 2 heterocycles. The van der Waals surface area contributed by atoms with E-state index in [1.54, 1.807) is 11.3 Å². The van der Waals surface area contributed by atoms with E-state index >= 15 is 0 Å². The van der Waals surface area contributed by atoms with Crippen LogP contribution in [-0.4, -0.2) is 50.5 Å². The van der Waals surface area contributed by atoms with E-state index in [1.807, 2.05) is 31.9 Å². The number of sulfone groups is 1. The van der Waals surface area contributed by atoms with E-state index < -0.39 is 9.84 Å². The van der Waals surface area contributed by atoms with Crippen molar-refractivity contribution in [3.05, 3.63) is 10.9 Å². The average molecular weight is 328 g/mol. The van der Waals surface area contributed by atoms with Crippen LogP contribution in [0.25, 0.3) is 10.2 Å². The van der Waals surface area contributed by atoms with Gasteiger partial charge in [-0.3, -0.25) is 0 Å². The maximum atomic E-state index is 11.3. The van der Waals surface area contributed by atoms with E-state index in [0.717, 1.165) is 27.5 Å². The Balaban J connectivity index is 2.39. The smallest absolute Gasteiger partial charge is 0.226 e. The van der Waals surface area contributed by atoms with Crippen molar-refractivity contribution in [3.63, 3.8) is 0 Å². The predicted octanol–water partition coefficient (Wildman–Crippen LogP) is 1.91. The van der Waals surface area contributed by atoms with Crippen LogP contribution in [0.3, 0.4) is 0 Å². The first-order valence-electron chi connectivity index (χ1n) is 6.71. The number of aryl methyl sites for hydroxylation is 1. The molecule has 0 saturated heterocycles. The van der Waals surface area contributed by atoms with Gasteiger partial charge in [-0.15, -0.1) is 11.3 Å². The zero-order chi connectivity index (χ0) is 15.6. The SMILES string of the molecule is CCNc1nc(N(C)CCS(C)(=O)=O)c2cc(C)sc2n1. The van der Waals surface area contributed by atoms with Crippen LogP contribution in [0.5, 0.6) is 0 Å². The first-order chi connectivity index (χ1) is 9.80. The van der Waals surface area contributed by atoms with Crippen LogP contribution in [0.15, 0.2) is 6.07 Å². The first-order valence-corrected chi connectivity index (χ1v) is 9.59. The van der Waals surface area contributed by atoms with Crippen molar-refractivity contribution in [1.82, 2.24) is 9.97 Å². The highest BCUT2D eigenvalue weighted by Gasteiger charge is 2.15. The van der Waals surface area contributed by atoms with Crippen molar-refractivity contribution >= 4 is 43.2 Å². The molecule has 21 heavy (non-hydrogen) atoms. The van der Waals surface area contributed by atoms with Crippen LogP contribution in [0.1, 0.15) is 11.8 Å². The number of anilines is 2. The molecule has 2 aromatic heterocycles. The second-order valence-electron chi connectivity index (χ2n) is 5.03. The minimum absolute atomic E-state index is 0.106. The summed E-state index contributed by atoms with van der Waals surface area (Å²) in [6, 6.07) is 2.04. The van der Waals surface area contributed by atoms with Crippen LogP contribution in [0.4, 0.5) is 11.8 Å². The number of fused-ring (bicyclic) bond motifs is 1. The summed E-state index contributed by atoms with van der Waals surface area (Å²) in [5.41, 5.74) is 0. The second-order valence-corrected chi connectivity index (χ2v) is 8.52. The highest BCUT2D eigenvalue weighted by Crippen LogP contribution is 2.31. The Morgan fingerprint density at radius 3 is 2.71 bits per heavy atom. The Labute approximate surface area is 129 Å². The lowest BCUT2D eigenvalue weighted by atomic mass is 10.3. The molecular weight excluding hydrogens is 308 g/mol. The molecule has 116 valence electrons. The van der Waals surface area contributed by atoms with E-state index in [9.17, 15) is 8.42 Å². The van der Waals surface area contributed by atoms with Crippen LogP contribution >= 0.6 is 11.3 Å². The summed E-state index contributed by atoms with van der Waals surface area (Å²) in [5.74, 6) is 1.45. The Bertz CT molecular complexity index is 740. The fourth-order valence-corrected chi connectivity index (χ4v) is 3.44. The fraction of sp³-hybridized carbons (Fsp3) is 0.538. The van der Waals surface area contributed by atoms with Crippen LogP contribution in [-0.2, 0) is 9.84 Å². The molecule has 6 nitrogen and oxygen atoms in total. The van der Waals surface area contributed by atoms with E-state index in [0.29, 0.717) is 12.5 Å². The molecule has 0 amide bonds. The quantitative estimate of drug-likeness (QED) is 0.873. The summed E-state index contributed by atoms with van der Waals surface area (Å²) >= 11 is 1.61. The van der Waals surface area contributed by atoms with Gasteiger partial charge in [0.25, 0.3) is 0 Å². The van der Waals surface area contributed by atoms with Crippen molar-refractivity contribution in [3.8, 4) is 0 Å². The normalized spacial score (nSPS) is 11.8. The Morgan fingerprint density at radius 2 is 2.10 bits per heavy atom. The van der Waals surface area contributed by atoms with Gasteiger partial charge in [-0.2, -0.15) is 4.98 Å². The lowest BCUT2D eigenvalue weighted by Crippen LogP contribution is -2.26. The third kappa shape index (κ3) is 4.04. The summed E-state index contributed by atoms with van der Waals surface area (Å²) in [6.07, 6.45) is 1.25. The number of nitrogens with one attached hydrogen (secondary N) is 1. The highest BCUT2D eigenvalue weighted by atomic mass is 32.2. The summed E-state index contributed by atoms with van der Waals surface area (Å²) in [5, 5.41) is 4.08. The maximum absolute atomic E-state index is 11.3. The molecule has 1 N–H and O–H groups in total. The summed E-state index contributed by atoms with van der Waals surface area (Å²) in [4.78, 5) is 13.0. The molecule has 0 aliphatic carbocycles. The Morgan fingerprint density at radius 1 is 1.38 bits per heavy atom. The number of aromatic nitrogens is 2.